The van der Waals surface area contributed by atoms with Gasteiger partial charge in [0.15, 0.2) is 5.78 Å². The Morgan fingerprint density at radius 1 is 1.30 bits per heavy atom. The second-order valence-corrected chi connectivity index (χ2v) is 7.29. The van der Waals surface area contributed by atoms with E-state index in [9.17, 15) is 4.79 Å². The van der Waals surface area contributed by atoms with Crippen LogP contribution in [0.3, 0.4) is 0 Å². The molecule has 0 N–H and O–H groups in total. The highest BCUT2D eigenvalue weighted by atomic mass is 79.9. The second-order valence-electron chi connectivity index (χ2n) is 5.97. The molecule has 0 saturated heterocycles. The van der Waals surface area contributed by atoms with Crippen molar-refractivity contribution in [3.63, 3.8) is 0 Å². The molecule has 0 atom stereocenters. The summed E-state index contributed by atoms with van der Waals surface area (Å²) in [5, 5.41) is 0.546. The fourth-order valence-corrected chi connectivity index (χ4v) is 3.37. The van der Waals surface area contributed by atoms with Gasteiger partial charge in [-0.05, 0) is 49.8 Å². The van der Waals surface area contributed by atoms with Crippen LogP contribution >= 0.6 is 27.5 Å². The maximum atomic E-state index is 12.3. The topological polar surface area (TPSA) is 20.3 Å². The van der Waals surface area contributed by atoms with Gasteiger partial charge in [0.1, 0.15) is 0 Å². The van der Waals surface area contributed by atoms with Crippen LogP contribution in [0.4, 0.5) is 0 Å². The summed E-state index contributed by atoms with van der Waals surface area (Å²) in [5.41, 5.74) is 0.650. The van der Waals surface area contributed by atoms with Crippen LogP contribution in [-0.4, -0.2) is 29.8 Å². The number of carbonyl (C=O) groups is 1. The van der Waals surface area contributed by atoms with E-state index in [2.05, 4.69) is 20.8 Å². The number of halogens is 2. The predicted octanol–water partition coefficient (Wildman–Crippen LogP) is 4.55. The quantitative estimate of drug-likeness (QED) is 0.668. The van der Waals surface area contributed by atoms with Crippen molar-refractivity contribution in [2.75, 3.05) is 13.1 Å². The first kappa shape index (κ1) is 14.6. The zero-order valence-electron chi connectivity index (χ0n) is 11.4. The molecule has 0 amide bonds. The average molecular weight is 357 g/mol. The first-order valence-electron chi connectivity index (χ1n) is 7.36. The highest BCUT2D eigenvalue weighted by Crippen LogP contribution is 2.35. The molecule has 2 aliphatic carbocycles. The Morgan fingerprint density at radius 2 is 2.05 bits per heavy atom. The molecule has 4 heteroatoms. The Bertz CT molecular complexity index is 511. The maximum Gasteiger partial charge on any atom is 0.165 e. The van der Waals surface area contributed by atoms with Crippen molar-refractivity contribution in [2.45, 2.75) is 38.1 Å². The molecule has 0 heterocycles. The summed E-state index contributed by atoms with van der Waals surface area (Å²) >= 11 is 9.51. The van der Waals surface area contributed by atoms with Gasteiger partial charge in [0, 0.05) is 35.6 Å². The van der Waals surface area contributed by atoms with Gasteiger partial charge in [-0.3, -0.25) is 9.69 Å². The van der Waals surface area contributed by atoms with Gasteiger partial charge in [-0.25, -0.2) is 0 Å². The minimum absolute atomic E-state index is 0.156. The number of Topliss-reactive ketones (excluding diaryl/α,β-unsaturated/α-hetero) is 1. The van der Waals surface area contributed by atoms with E-state index in [0.29, 0.717) is 17.0 Å². The van der Waals surface area contributed by atoms with E-state index in [1.165, 1.54) is 32.2 Å². The number of hydrogen-bond donors (Lipinski definition) is 0. The Morgan fingerprint density at radius 3 is 2.65 bits per heavy atom. The van der Waals surface area contributed by atoms with Crippen LogP contribution in [0.1, 0.15) is 42.5 Å². The van der Waals surface area contributed by atoms with Gasteiger partial charge in [-0.2, -0.15) is 0 Å². The van der Waals surface area contributed by atoms with E-state index >= 15 is 0 Å². The van der Waals surface area contributed by atoms with Crippen LogP contribution in [-0.2, 0) is 0 Å². The number of ketones is 1. The molecule has 0 unspecified atom stereocenters. The van der Waals surface area contributed by atoms with Gasteiger partial charge in [0.05, 0.1) is 5.02 Å². The third-order valence-corrected chi connectivity index (χ3v) is 4.92. The van der Waals surface area contributed by atoms with Crippen LogP contribution in [0.25, 0.3) is 0 Å². The van der Waals surface area contributed by atoms with Crippen molar-refractivity contribution >= 4 is 33.3 Å². The fraction of sp³-hybridized carbons (Fsp3) is 0.562. The lowest BCUT2D eigenvalue weighted by atomic mass is 10.1. The minimum Gasteiger partial charge on any atom is -0.300 e. The molecular formula is C16H19BrClNO. The zero-order valence-corrected chi connectivity index (χ0v) is 13.8. The smallest absolute Gasteiger partial charge is 0.165 e. The molecule has 2 aliphatic rings. The van der Waals surface area contributed by atoms with Crippen LogP contribution in [0.15, 0.2) is 22.7 Å². The lowest BCUT2D eigenvalue weighted by molar-refractivity contribution is 0.0961. The van der Waals surface area contributed by atoms with Crippen LogP contribution in [0.5, 0.6) is 0 Å². The maximum absolute atomic E-state index is 12.3. The van der Waals surface area contributed by atoms with E-state index in [1.54, 1.807) is 6.07 Å². The summed E-state index contributed by atoms with van der Waals surface area (Å²) < 4.78 is 0.910. The summed E-state index contributed by atoms with van der Waals surface area (Å²) in [6.45, 7) is 2.07. The number of nitrogens with zero attached hydrogens (tertiary/aromatic N) is 1. The first-order chi connectivity index (χ1) is 9.63. The van der Waals surface area contributed by atoms with Crippen molar-refractivity contribution in [1.29, 1.82) is 0 Å². The highest BCUT2D eigenvalue weighted by molar-refractivity contribution is 9.10. The van der Waals surface area contributed by atoms with E-state index in [0.717, 1.165) is 23.0 Å². The molecule has 2 nitrogen and oxygen atoms in total. The van der Waals surface area contributed by atoms with Crippen LogP contribution < -0.4 is 0 Å². The monoisotopic (exact) mass is 355 g/mol. The molecule has 1 aromatic rings. The molecule has 0 radical (unpaired) electrons. The zero-order chi connectivity index (χ0) is 14.1. The van der Waals surface area contributed by atoms with Crippen molar-refractivity contribution in [2.24, 2.45) is 5.92 Å². The molecule has 3 rings (SSSR count). The van der Waals surface area contributed by atoms with E-state index in [4.69, 9.17) is 11.6 Å². The van der Waals surface area contributed by atoms with Gasteiger partial charge >= 0.3 is 0 Å². The second kappa shape index (κ2) is 6.17. The lowest BCUT2D eigenvalue weighted by Gasteiger charge is -2.21. The van der Waals surface area contributed by atoms with Crippen molar-refractivity contribution < 1.29 is 4.79 Å². The normalized spacial score (nSPS) is 18.6. The number of rotatable bonds is 7. The largest absolute Gasteiger partial charge is 0.300 e. The Balaban J connectivity index is 1.57. The number of benzene rings is 1. The third-order valence-electron chi connectivity index (χ3n) is 4.11. The highest BCUT2D eigenvalue weighted by Gasteiger charge is 2.33. The molecule has 0 aliphatic heterocycles. The summed E-state index contributed by atoms with van der Waals surface area (Å²) in [4.78, 5) is 14.8. The van der Waals surface area contributed by atoms with E-state index in [1.807, 2.05) is 12.1 Å². The Hall–Kier alpha value is -0.380. The Kier molecular flexibility index (Phi) is 4.49. The summed E-state index contributed by atoms with van der Waals surface area (Å²) in [6, 6.07) is 6.22. The third kappa shape index (κ3) is 3.84. The molecule has 0 bridgehead atoms. The Labute approximate surface area is 133 Å². The van der Waals surface area contributed by atoms with Gasteiger partial charge < -0.3 is 0 Å². The first-order valence-corrected chi connectivity index (χ1v) is 8.53. The molecule has 2 fully saturated rings. The van der Waals surface area contributed by atoms with Gasteiger partial charge in [-0.1, -0.05) is 27.5 Å². The van der Waals surface area contributed by atoms with E-state index < -0.39 is 0 Å². The van der Waals surface area contributed by atoms with Gasteiger partial charge in [-0.15, -0.1) is 0 Å². The number of hydrogen-bond acceptors (Lipinski definition) is 2. The molecular weight excluding hydrogens is 338 g/mol. The van der Waals surface area contributed by atoms with E-state index in [-0.39, 0.29) is 5.78 Å². The molecule has 108 valence electrons. The molecule has 1 aromatic carbocycles. The lowest BCUT2D eigenvalue weighted by Crippen LogP contribution is -2.30. The summed E-state index contributed by atoms with van der Waals surface area (Å²) in [6.07, 6.45) is 5.93. The molecule has 20 heavy (non-hydrogen) atoms. The predicted molar refractivity (Wildman–Crippen MR) is 85.4 cm³/mol. The van der Waals surface area contributed by atoms with Crippen LogP contribution in [0.2, 0.25) is 5.02 Å². The van der Waals surface area contributed by atoms with Gasteiger partial charge in [0.25, 0.3) is 0 Å². The van der Waals surface area contributed by atoms with Crippen molar-refractivity contribution in [3.8, 4) is 0 Å². The summed E-state index contributed by atoms with van der Waals surface area (Å²) in [7, 11) is 0. The number of carbonyl (C=O) groups excluding carboxylic acids is 1. The standard InChI is InChI=1S/C16H19BrClNO/c17-12-3-6-14(15(18)9-12)16(20)7-8-19(13-4-5-13)10-11-1-2-11/h3,6,9,11,13H,1-2,4-5,7-8,10H2. The summed E-state index contributed by atoms with van der Waals surface area (Å²) in [5.74, 6) is 1.05. The molecule has 0 spiro atoms. The molecule has 2 saturated carbocycles. The van der Waals surface area contributed by atoms with Gasteiger partial charge in [0.2, 0.25) is 0 Å². The molecule has 0 aromatic heterocycles. The average Bonchev–Trinajstić information content (AvgIpc) is 3.26. The minimum atomic E-state index is 0.156. The van der Waals surface area contributed by atoms with Crippen molar-refractivity contribution in [1.82, 2.24) is 4.90 Å². The fourth-order valence-electron chi connectivity index (χ4n) is 2.59. The van der Waals surface area contributed by atoms with Crippen molar-refractivity contribution in [3.05, 3.63) is 33.3 Å². The SMILES string of the molecule is O=C(CCN(CC1CC1)C1CC1)c1ccc(Br)cc1Cl. The van der Waals surface area contributed by atoms with Crippen LogP contribution in [0, 0.1) is 5.92 Å².